The van der Waals surface area contributed by atoms with Crippen molar-refractivity contribution in [1.82, 2.24) is 10.2 Å². The van der Waals surface area contributed by atoms with Crippen LogP contribution >= 0.6 is 0 Å². The summed E-state index contributed by atoms with van der Waals surface area (Å²) in [6.07, 6.45) is 6.94. The summed E-state index contributed by atoms with van der Waals surface area (Å²) in [7, 11) is 0. The van der Waals surface area contributed by atoms with Crippen LogP contribution in [0.4, 0.5) is 5.69 Å². The van der Waals surface area contributed by atoms with E-state index >= 15 is 0 Å². The third kappa shape index (κ3) is 4.91. The van der Waals surface area contributed by atoms with Gasteiger partial charge in [-0.1, -0.05) is 50.2 Å². The summed E-state index contributed by atoms with van der Waals surface area (Å²) < 4.78 is 0. The molecule has 0 aromatic heterocycles. The zero-order valence-electron chi connectivity index (χ0n) is 20.1. The number of nitrogens with zero attached hydrogens (tertiary/aromatic N) is 2. The third-order valence-corrected chi connectivity index (χ3v) is 6.69. The number of carbonyl (C=O) groups is 2. The van der Waals surface area contributed by atoms with E-state index in [9.17, 15) is 9.59 Å². The van der Waals surface area contributed by atoms with E-state index in [4.69, 9.17) is 5.73 Å². The highest BCUT2D eigenvalue weighted by molar-refractivity contribution is 6.06. The Hall–Kier alpha value is -3.41. The second kappa shape index (κ2) is 10.2. The quantitative estimate of drug-likeness (QED) is 0.588. The van der Waals surface area contributed by atoms with Crippen LogP contribution in [0.5, 0.6) is 0 Å². The number of carbonyl (C=O) groups excluding carboxylic acids is 2. The van der Waals surface area contributed by atoms with E-state index in [1.165, 1.54) is 0 Å². The Balaban J connectivity index is 1.59. The Morgan fingerprint density at radius 3 is 2.38 bits per heavy atom. The highest BCUT2D eigenvalue weighted by Crippen LogP contribution is 2.41. The molecule has 4 rings (SSSR count). The molecule has 178 valence electrons. The van der Waals surface area contributed by atoms with Crippen LogP contribution in [0.15, 0.2) is 59.1 Å². The molecule has 0 spiro atoms. The van der Waals surface area contributed by atoms with Gasteiger partial charge < -0.3 is 16.0 Å². The first-order valence-corrected chi connectivity index (χ1v) is 12.3. The summed E-state index contributed by atoms with van der Waals surface area (Å²) >= 11 is 0. The molecule has 34 heavy (non-hydrogen) atoms. The fraction of sp³-hybridized carbons (Fsp3) is 0.393. The number of fused-ring (bicyclic) bond motifs is 1. The first kappa shape index (κ1) is 23.7. The Morgan fingerprint density at radius 1 is 1.06 bits per heavy atom. The topological polar surface area (TPSA) is 87.8 Å². The summed E-state index contributed by atoms with van der Waals surface area (Å²) in [5.41, 5.74) is 9.62. The largest absolute Gasteiger partial charge is 0.387 e. The Morgan fingerprint density at radius 2 is 1.76 bits per heavy atom. The van der Waals surface area contributed by atoms with Gasteiger partial charge in [0.15, 0.2) is 0 Å². The van der Waals surface area contributed by atoms with Crippen molar-refractivity contribution in [2.75, 3.05) is 13.1 Å². The first-order valence-electron chi connectivity index (χ1n) is 12.3. The first-order chi connectivity index (χ1) is 16.5. The van der Waals surface area contributed by atoms with Crippen molar-refractivity contribution < 1.29 is 9.59 Å². The highest BCUT2D eigenvalue weighted by atomic mass is 16.2. The molecule has 0 saturated heterocycles. The van der Waals surface area contributed by atoms with E-state index in [1.54, 1.807) is 12.1 Å². The molecule has 1 aliphatic carbocycles. The highest BCUT2D eigenvalue weighted by Gasteiger charge is 2.40. The van der Waals surface area contributed by atoms with Crippen molar-refractivity contribution in [3.05, 3.63) is 70.8 Å². The molecule has 0 bridgehead atoms. The minimum Gasteiger partial charge on any atom is -0.387 e. The van der Waals surface area contributed by atoms with Crippen LogP contribution in [-0.4, -0.2) is 35.6 Å². The lowest BCUT2D eigenvalue weighted by Gasteiger charge is -2.43. The fourth-order valence-corrected chi connectivity index (χ4v) is 4.79. The summed E-state index contributed by atoms with van der Waals surface area (Å²) in [4.78, 5) is 32.8. The number of amides is 2. The summed E-state index contributed by atoms with van der Waals surface area (Å²) in [6, 6.07) is 15.6. The number of aliphatic imine (C=N–C) groups is 1. The van der Waals surface area contributed by atoms with Crippen molar-refractivity contribution in [3.63, 3.8) is 0 Å². The van der Waals surface area contributed by atoms with Gasteiger partial charge in [-0.25, -0.2) is 4.99 Å². The van der Waals surface area contributed by atoms with Gasteiger partial charge in [0.2, 0.25) is 5.91 Å². The number of benzene rings is 2. The molecule has 1 saturated carbocycles. The van der Waals surface area contributed by atoms with E-state index in [0.29, 0.717) is 29.1 Å². The molecule has 1 fully saturated rings. The number of nitrogens with two attached hydrogens (primary N) is 1. The second-order valence-corrected chi connectivity index (χ2v) is 9.27. The van der Waals surface area contributed by atoms with Crippen LogP contribution in [0.2, 0.25) is 0 Å². The van der Waals surface area contributed by atoms with Gasteiger partial charge in [-0.3, -0.25) is 9.59 Å². The van der Waals surface area contributed by atoms with Crippen molar-refractivity contribution >= 4 is 29.4 Å². The Kier molecular flexibility index (Phi) is 7.15. The van der Waals surface area contributed by atoms with E-state index in [1.807, 2.05) is 35.2 Å². The predicted molar refractivity (Wildman–Crippen MR) is 137 cm³/mol. The number of amidine groups is 1. The number of hydrogen-bond donors (Lipinski definition) is 2. The molecule has 6 heteroatoms. The molecule has 3 N–H and O–H groups in total. The van der Waals surface area contributed by atoms with Crippen molar-refractivity contribution in [2.45, 2.75) is 57.9 Å². The maximum Gasteiger partial charge on any atom is 0.252 e. The Bertz CT molecular complexity index is 1110. The molecule has 0 radical (unpaired) electrons. The Labute approximate surface area is 201 Å². The van der Waals surface area contributed by atoms with Crippen LogP contribution in [0, 0.1) is 0 Å². The second-order valence-electron chi connectivity index (χ2n) is 9.27. The number of nitrogens with one attached hydrogen (secondary N) is 1. The van der Waals surface area contributed by atoms with Crippen molar-refractivity contribution in [3.8, 4) is 0 Å². The molecular formula is C28H34N4O2. The lowest BCUT2D eigenvalue weighted by Crippen LogP contribution is -2.50. The smallest absolute Gasteiger partial charge is 0.252 e. The maximum absolute atomic E-state index is 13.2. The lowest BCUT2D eigenvalue weighted by atomic mass is 9.71. The van der Waals surface area contributed by atoms with Crippen LogP contribution in [0.25, 0.3) is 6.08 Å². The molecule has 2 aliphatic rings. The van der Waals surface area contributed by atoms with Gasteiger partial charge in [0.1, 0.15) is 5.84 Å². The molecule has 0 atom stereocenters. The summed E-state index contributed by atoms with van der Waals surface area (Å²) in [6.45, 7) is 5.58. The van der Waals surface area contributed by atoms with Gasteiger partial charge in [0, 0.05) is 36.2 Å². The molecule has 1 aliphatic heterocycles. The SMILES string of the molecule is CCCN(CCC)C(=O)C1=Cc2ccc(C(=O)NC3(c4ccccc4)CCC3)cc2N=C(N)C1. The van der Waals surface area contributed by atoms with Crippen LogP contribution in [0.1, 0.15) is 73.9 Å². The average Bonchev–Trinajstić information content (AvgIpc) is 2.98. The minimum absolute atomic E-state index is 0.00584. The summed E-state index contributed by atoms with van der Waals surface area (Å²) in [5, 5.41) is 3.27. The monoisotopic (exact) mass is 458 g/mol. The molecule has 2 aromatic carbocycles. The van der Waals surface area contributed by atoms with Crippen molar-refractivity contribution in [2.24, 2.45) is 10.7 Å². The van der Waals surface area contributed by atoms with Gasteiger partial charge in [-0.15, -0.1) is 0 Å². The van der Waals surface area contributed by atoms with Crippen LogP contribution in [0.3, 0.4) is 0 Å². The van der Waals surface area contributed by atoms with Crippen molar-refractivity contribution in [1.29, 1.82) is 0 Å². The average molecular weight is 459 g/mol. The van der Waals surface area contributed by atoms with E-state index in [-0.39, 0.29) is 17.4 Å². The van der Waals surface area contributed by atoms with E-state index in [2.05, 4.69) is 36.3 Å². The van der Waals surface area contributed by atoms with Crippen LogP contribution in [-0.2, 0) is 10.3 Å². The summed E-state index contributed by atoms with van der Waals surface area (Å²) in [5.74, 6) is 0.261. The van der Waals surface area contributed by atoms with Gasteiger partial charge in [-0.05, 0) is 55.9 Å². The molecule has 2 aromatic rings. The van der Waals surface area contributed by atoms with E-state index < -0.39 is 0 Å². The molecular weight excluding hydrogens is 424 g/mol. The van der Waals surface area contributed by atoms with Gasteiger partial charge in [-0.2, -0.15) is 0 Å². The van der Waals surface area contributed by atoms with Gasteiger partial charge in [0.05, 0.1) is 11.2 Å². The normalized spacial score (nSPS) is 16.3. The van der Waals surface area contributed by atoms with Crippen LogP contribution < -0.4 is 11.1 Å². The maximum atomic E-state index is 13.2. The minimum atomic E-state index is -0.311. The third-order valence-electron chi connectivity index (χ3n) is 6.69. The number of rotatable bonds is 8. The van der Waals surface area contributed by atoms with E-state index in [0.717, 1.165) is 56.3 Å². The number of hydrogen-bond acceptors (Lipinski definition) is 4. The van der Waals surface area contributed by atoms with Gasteiger partial charge in [0.25, 0.3) is 5.91 Å². The molecule has 2 amide bonds. The zero-order valence-corrected chi connectivity index (χ0v) is 20.1. The molecule has 0 unspecified atom stereocenters. The lowest BCUT2D eigenvalue weighted by molar-refractivity contribution is -0.127. The predicted octanol–water partition coefficient (Wildman–Crippen LogP) is 4.92. The van der Waals surface area contributed by atoms with Gasteiger partial charge >= 0.3 is 0 Å². The molecule has 1 heterocycles. The zero-order chi connectivity index (χ0) is 24.1. The fourth-order valence-electron chi connectivity index (χ4n) is 4.79. The molecule has 6 nitrogen and oxygen atoms in total. The standard InChI is InChI=1S/C28H34N4O2/c1-3-15-32(16-4-2)27(34)22-17-20-11-12-21(18-24(20)30-25(29)19-22)26(33)31-28(13-8-14-28)23-9-6-5-7-10-23/h5-7,9-12,17-18H,3-4,8,13-16,19H2,1-2H3,(H2,29,30)(H,31,33).